The molecule has 1 atom stereocenters. The van der Waals surface area contributed by atoms with Crippen LogP contribution < -0.4 is 0 Å². The lowest BCUT2D eigenvalue weighted by Crippen LogP contribution is -2.06. The van der Waals surface area contributed by atoms with Crippen molar-refractivity contribution in [2.75, 3.05) is 0 Å². The van der Waals surface area contributed by atoms with Gasteiger partial charge in [0.1, 0.15) is 5.15 Å². The van der Waals surface area contributed by atoms with Crippen molar-refractivity contribution in [3.8, 4) is 0 Å². The molecule has 0 radical (unpaired) electrons. The van der Waals surface area contributed by atoms with Gasteiger partial charge < -0.3 is 0 Å². The van der Waals surface area contributed by atoms with Crippen LogP contribution in [0.5, 0.6) is 0 Å². The molecule has 3 heteroatoms. The highest BCUT2D eigenvalue weighted by atomic mass is 35.5. The van der Waals surface area contributed by atoms with E-state index in [2.05, 4.69) is 25.9 Å². The molecule has 0 amide bonds. The van der Waals surface area contributed by atoms with Crippen LogP contribution in [0.2, 0.25) is 5.15 Å². The van der Waals surface area contributed by atoms with Gasteiger partial charge in [0.2, 0.25) is 0 Å². The summed E-state index contributed by atoms with van der Waals surface area (Å²) in [6, 6.07) is 2.37. The molecule has 0 spiro atoms. The van der Waals surface area contributed by atoms with E-state index in [-0.39, 0.29) is 0 Å². The normalized spacial score (nSPS) is 13.2. The van der Waals surface area contributed by atoms with E-state index in [4.69, 9.17) is 11.6 Å². The second kappa shape index (κ2) is 4.66. The van der Waals surface area contributed by atoms with Gasteiger partial charge >= 0.3 is 0 Å². The van der Waals surface area contributed by atoms with E-state index in [1.165, 1.54) is 0 Å². The summed E-state index contributed by atoms with van der Waals surface area (Å²) in [7, 11) is 0. The molecular weight excluding hydrogens is 184 g/mol. The minimum atomic E-state index is 0.401. The van der Waals surface area contributed by atoms with Crippen molar-refractivity contribution in [1.82, 2.24) is 9.78 Å². The summed E-state index contributed by atoms with van der Waals surface area (Å²) in [5, 5.41) is 5.22. The molecule has 0 aromatic carbocycles. The van der Waals surface area contributed by atoms with Gasteiger partial charge in [0.05, 0.1) is 11.7 Å². The van der Waals surface area contributed by atoms with Gasteiger partial charge in [-0.3, -0.25) is 4.68 Å². The quantitative estimate of drug-likeness (QED) is 0.728. The maximum Gasteiger partial charge on any atom is 0.127 e. The third-order valence-electron chi connectivity index (χ3n) is 2.26. The summed E-state index contributed by atoms with van der Waals surface area (Å²) in [5.74, 6) is 0. The number of hydrogen-bond donors (Lipinski definition) is 0. The zero-order chi connectivity index (χ0) is 9.84. The Labute approximate surface area is 84.9 Å². The fraction of sp³-hybridized carbons (Fsp3) is 0.700. The third kappa shape index (κ3) is 2.47. The van der Waals surface area contributed by atoms with E-state index >= 15 is 0 Å². The Morgan fingerprint density at radius 3 is 2.77 bits per heavy atom. The second-order valence-corrected chi connectivity index (χ2v) is 3.80. The molecule has 0 aliphatic carbocycles. The molecule has 74 valence electrons. The van der Waals surface area contributed by atoms with Crippen molar-refractivity contribution in [3.05, 3.63) is 16.9 Å². The minimum absolute atomic E-state index is 0.401. The third-order valence-corrected chi connectivity index (χ3v) is 2.54. The Hall–Kier alpha value is -0.500. The van der Waals surface area contributed by atoms with Crippen LogP contribution in [0.1, 0.15) is 45.3 Å². The van der Waals surface area contributed by atoms with Crippen molar-refractivity contribution in [1.29, 1.82) is 0 Å². The van der Waals surface area contributed by atoms with E-state index in [0.717, 1.165) is 30.1 Å². The van der Waals surface area contributed by atoms with Crippen molar-refractivity contribution in [2.24, 2.45) is 0 Å². The summed E-state index contributed by atoms with van der Waals surface area (Å²) < 4.78 is 1.91. The molecule has 1 unspecified atom stereocenters. The van der Waals surface area contributed by atoms with Crippen molar-refractivity contribution < 1.29 is 0 Å². The van der Waals surface area contributed by atoms with Gasteiger partial charge in [0.25, 0.3) is 0 Å². The molecule has 0 saturated heterocycles. The van der Waals surface area contributed by atoms with Crippen LogP contribution in [0, 0.1) is 0 Å². The Balaban J connectivity index is 2.82. The fourth-order valence-electron chi connectivity index (χ4n) is 1.28. The summed E-state index contributed by atoms with van der Waals surface area (Å²) in [6.07, 6.45) is 3.20. The maximum atomic E-state index is 6.05. The Bertz CT molecular complexity index is 268. The molecule has 0 fully saturated rings. The molecule has 1 heterocycles. The molecule has 0 aliphatic rings. The first-order valence-corrected chi connectivity index (χ1v) is 5.30. The van der Waals surface area contributed by atoms with Gasteiger partial charge in [0.15, 0.2) is 0 Å². The van der Waals surface area contributed by atoms with E-state index in [1.807, 2.05) is 10.7 Å². The molecule has 1 aromatic rings. The average Bonchev–Trinajstić information content (AvgIpc) is 2.46. The van der Waals surface area contributed by atoms with Crippen molar-refractivity contribution in [2.45, 2.75) is 46.1 Å². The van der Waals surface area contributed by atoms with Crippen molar-refractivity contribution in [3.63, 3.8) is 0 Å². The maximum absolute atomic E-state index is 6.05. The number of hydrogen-bond acceptors (Lipinski definition) is 1. The van der Waals surface area contributed by atoms with Crippen LogP contribution in [0.15, 0.2) is 6.07 Å². The van der Waals surface area contributed by atoms with Crippen LogP contribution in [0.25, 0.3) is 0 Å². The van der Waals surface area contributed by atoms with Gasteiger partial charge in [-0.25, -0.2) is 0 Å². The van der Waals surface area contributed by atoms with Crippen LogP contribution in [-0.4, -0.2) is 9.78 Å². The largest absolute Gasteiger partial charge is 0.251 e. The van der Waals surface area contributed by atoms with Crippen LogP contribution in [0.3, 0.4) is 0 Å². The summed E-state index contributed by atoms with van der Waals surface area (Å²) in [6.45, 7) is 6.42. The van der Waals surface area contributed by atoms with Crippen LogP contribution in [-0.2, 0) is 6.42 Å². The minimum Gasteiger partial charge on any atom is -0.251 e. The zero-order valence-electron chi connectivity index (χ0n) is 8.55. The van der Waals surface area contributed by atoms with E-state index < -0.39 is 0 Å². The highest BCUT2D eigenvalue weighted by Gasteiger charge is 2.09. The molecule has 0 bridgehead atoms. The number of rotatable bonds is 4. The smallest absolute Gasteiger partial charge is 0.127 e. The lowest BCUT2D eigenvalue weighted by atomic mass is 10.3. The van der Waals surface area contributed by atoms with Gasteiger partial charge in [0, 0.05) is 0 Å². The van der Waals surface area contributed by atoms with Gasteiger partial charge in [-0.2, -0.15) is 5.10 Å². The Morgan fingerprint density at radius 1 is 1.54 bits per heavy atom. The summed E-state index contributed by atoms with van der Waals surface area (Å²) >= 11 is 6.05. The lowest BCUT2D eigenvalue weighted by Gasteiger charge is -2.09. The molecule has 13 heavy (non-hydrogen) atoms. The van der Waals surface area contributed by atoms with Crippen LogP contribution >= 0.6 is 11.6 Å². The lowest BCUT2D eigenvalue weighted by molar-refractivity contribution is 0.474. The summed E-state index contributed by atoms with van der Waals surface area (Å²) in [4.78, 5) is 0. The zero-order valence-corrected chi connectivity index (χ0v) is 9.30. The standard InChI is InChI=1S/C10H17ClN2/c1-4-6-9-7-10(11)13(12-9)8(3)5-2/h7-8H,4-6H2,1-3H3. The molecular formula is C10H17ClN2. The van der Waals surface area contributed by atoms with Crippen molar-refractivity contribution >= 4 is 11.6 Å². The molecule has 0 saturated carbocycles. The highest BCUT2D eigenvalue weighted by molar-refractivity contribution is 6.29. The van der Waals surface area contributed by atoms with Gasteiger partial charge in [-0.15, -0.1) is 0 Å². The first-order chi connectivity index (χ1) is 6.19. The molecule has 2 nitrogen and oxygen atoms in total. The first kappa shape index (κ1) is 10.6. The van der Waals surface area contributed by atoms with Gasteiger partial charge in [-0.05, 0) is 25.8 Å². The topological polar surface area (TPSA) is 17.8 Å². The summed E-state index contributed by atoms with van der Waals surface area (Å²) in [5.41, 5.74) is 1.10. The molecule has 0 N–H and O–H groups in total. The second-order valence-electron chi connectivity index (χ2n) is 3.41. The monoisotopic (exact) mass is 200 g/mol. The number of aryl methyl sites for hydroxylation is 1. The predicted octanol–water partition coefficient (Wildman–Crippen LogP) is 3.46. The van der Waals surface area contributed by atoms with E-state index in [9.17, 15) is 0 Å². The number of aromatic nitrogens is 2. The highest BCUT2D eigenvalue weighted by Crippen LogP contribution is 2.19. The number of nitrogens with zero attached hydrogens (tertiary/aromatic N) is 2. The number of halogens is 1. The fourth-order valence-corrected chi connectivity index (χ4v) is 1.61. The predicted molar refractivity (Wildman–Crippen MR) is 56.2 cm³/mol. The van der Waals surface area contributed by atoms with Gasteiger partial charge in [-0.1, -0.05) is 31.9 Å². The van der Waals surface area contributed by atoms with E-state index in [0.29, 0.717) is 6.04 Å². The van der Waals surface area contributed by atoms with Crippen LogP contribution in [0.4, 0.5) is 0 Å². The molecule has 1 rings (SSSR count). The first-order valence-electron chi connectivity index (χ1n) is 4.93. The molecule has 0 aliphatic heterocycles. The average molecular weight is 201 g/mol. The molecule has 1 aromatic heterocycles. The Kier molecular flexibility index (Phi) is 3.79. The Morgan fingerprint density at radius 2 is 2.23 bits per heavy atom. The SMILES string of the molecule is CCCc1cc(Cl)n(C(C)CC)n1. The van der Waals surface area contributed by atoms with E-state index in [1.54, 1.807) is 0 Å².